The van der Waals surface area contributed by atoms with E-state index in [1.165, 1.54) is 7.05 Å². The van der Waals surface area contributed by atoms with E-state index in [4.69, 9.17) is 11.6 Å². The lowest BCUT2D eigenvalue weighted by Crippen LogP contribution is -2.24. The molecule has 1 aromatic carbocycles. The van der Waals surface area contributed by atoms with Crippen molar-refractivity contribution < 1.29 is 9.59 Å². The Bertz CT molecular complexity index is 392. The monoisotopic (exact) mass is 255 g/mol. The van der Waals surface area contributed by atoms with E-state index in [1.54, 1.807) is 24.3 Å². The molecule has 0 saturated carbocycles. The van der Waals surface area contributed by atoms with Crippen LogP contribution in [0, 0.1) is 0 Å². The third kappa shape index (κ3) is 4.74. The molecule has 1 aromatic rings. The first-order valence-corrected chi connectivity index (χ1v) is 5.63. The van der Waals surface area contributed by atoms with Gasteiger partial charge in [-0.05, 0) is 24.3 Å². The van der Waals surface area contributed by atoms with Crippen molar-refractivity contribution in [1.29, 1.82) is 0 Å². The predicted molar refractivity (Wildman–Crippen MR) is 68.5 cm³/mol. The zero-order valence-electron chi connectivity index (χ0n) is 9.42. The number of alkyl halides is 1. The molecular formula is C11H14ClN3O2. The van der Waals surface area contributed by atoms with Crippen molar-refractivity contribution in [3.05, 3.63) is 24.3 Å². The number of benzene rings is 1. The fourth-order valence-corrected chi connectivity index (χ4v) is 1.31. The van der Waals surface area contributed by atoms with Gasteiger partial charge < -0.3 is 16.0 Å². The number of nitrogens with one attached hydrogen (secondary N) is 3. The van der Waals surface area contributed by atoms with E-state index < -0.39 is 0 Å². The first kappa shape index (κ1) is 13.3. The van der Waals surface area contributed by atoms with Gasteiger partial charge in [0.25, 0.3) is 0 Å². The highest BCUT2D eigenvalue weighted by atomic mass is 35.5. The maximum Gasteiger partial charge on any atom is 0.318 e. The van der Waals surface area contributed by atoms with Crippen LogP contribution in [0.3, 0.4) is 0 Å². The molecule has 0 unspecified atom stereocenters. The van der Waals surface area contributed by atoms with Gasteiger partial charge in [0.05, 0.1) is 0 Å². The number of amides is 3. The molecule has 0 aliphatic carbocycles. The van der Waals surface area contributed by atoms with E-state index in [-0.39, 0.29) is 18.4 Å². The molecular weight excluding hydrogens is 242 g/mol. The molecule has 0 bridgehead atoms. The topological polar surface area (TPSA) is 70.2 Å². The van der Waals surface area contributed by atoms with Crippen molar-refractivity contribution in [3.8, 4) is 0 Å². The standard InChI is InChI=1S/C11H14ClN3O2/c1-13-11(17)15-9-4-2-8(3-5-9)14-10(16)6-7-12/h2-5H,6-7H2,1H3,(H,14,16)(H2,13,15,17). The largest absolute Gasteiger partial charge is 0.341 e. The summed E-state index contributed by atoms with van der Waals surface area (Å²) in [4.78, 5) is 22.3. The highest BCUT2D eigenvalue weighted by Crippen LogP contribution is 2.13. The van der Waals surface area contributed by atoms with Crippen molar-refractivity contribution in [1.82, 2.24) is 5.32 Å². The van der Waals surface area contributed by atoms with E-state index in [0.29, 0.717) is 17.3 Å². The Hall–Kier alpha value is -1.75. The minimum Gasteiger partial charge on any atom is -0.341 e. The first-order valence-electron chi connectivity index (χ1n) is 5.10. The smallest absolute Gasteiger partial charge is 0.318 e. The SMILES string of the molecule is CNC(=O)Nc1ccc(NC(=O)CCCl)cc1. The average Bonchev–Trinajstić information content (AvgIpc) is 2.32. The lowest BCUT2D eigenvalue weighted by Gasteiger charge is -2.06. The molecule has 6 heteroatoms. The number of halogens is 1. The van der Waals surface area contributed by atoms with Gasteiger partial charge in [-0.2, -0.15) is 0 Å². The first-order chi connectivity index (χ1) is 8.15. The number of carbonyl (C=O) groups excluding carboxylic acids is 2. The van der Waals surface area contributed by atoms with Crippen LogP contribution in [-0.2, 0) is 4.79 Å². The van der Waals surface area contributed by atoms with Crippen LogP contribution in [0.25, 0.3) is 0 Å². The third-order valence-corrected chi connectivity index (χ3v) is 2.16. The Morgan fingerprint density at radius 2 is 1.65 bits per heavy atom. The number of urea groups is 1. The Balaban J connectivity index is 2.55. The second-order valence-corrected chi connectivity index (χ2v) is 3.65. The molecule has 92 valence electrons. The molecule has 5 nitrogen and oxygen atoms in total. The summed E-state index contributed by atoms with van der Waals surface area (Å²) in [6, 6.07) is 6.52. The van der Waals surface area contributed by atoms with E-state index >= 15 is 0 Å². The van der Waals surface area contributed by atoms with Crippen LogP contribution in [-0.4, -0.2) is 24.9 Å². The lowest BCUT2D eigenvalue weighted by atomic mass is 10.2. The second kappa shape index (κ2) is 6.75. The summed E-state index contributed by atoms with van der Waals surface area (Å²) in [6.45, 7) is 0. The van der Waals surface area contributed by atoms with Crippen LogP contribution in [0.4, 0.5) is 16.2 Å². The predicted octanol–water partition coefficient (Wildman–Crippen LogP) is 2.01. The number of anilines is 2. The van der Waals surface area contributed by atoms with Crippen LogP contribution < -0.4 is 16.0 Å². The van der Waals surface area contributed by atoms with E-state index in [1.807, 2.05) is 0 Å². The molecule has 3 amide bonds. The molecule has 0 heterocycles. The summed E-state index contributed by atoms with van der Waals surface area (Å²) < 4.78 is 0. The van der Waals surface area contributed by atoms with Gasteiger partial charge in [0.2, 0.25) is 5.91 Å². The van der Waals surface area contributed by atoms with Crippen LogP contribution in [0.15, 0.2) is 24.3 Å². The summed E-state index contributed by atoms with van der Waals surface area (Å²) in [5.41, 5.74) is 1.32. The van der Waals surface area contributed by atoms with Gasteiger partial charge in [-0.25, -0.2) is 4.79 Å². The van der Waals surface area contributed by atoms with Gasteiger partial charge in [0.15, 0.2) is 0 Å². The molecule has 0 radical (unpaired) electrons. The van der Waals surface area contributed by atoms with Gasteiger partial charge in [0.1, 0.15) is 0 Å². The second-order valence-electron chi connectivity index (χ2n) is 3.27. The third-order valence-electron chi connectivity index (χ3n) is 1.98. The summed E-state index contributed by atoms with van der Waals surface area (Å²) >= 11 is 5.45. The van der Waals surface area contributed by atoms with Crippen LogP contribution in [0.2, 0.25) is 0 Å². The number of hydrogen-bond donors (Lipinski definition) is 3. The van der Waals surface area contributed by atoms with Crippen molar-refractivity contribution in [2.24, 2.45) is 0 Å². The molecule has 0 aliphatic heterocycles. The number of hydrogen-bond acceptors (Lipinski definition) is 2. The molecule has 0 aliphatic rings. The average molecular weight is 256 g/mol. The fraction of sp³-hybridized carbons (Fsp3) is 0.273. The van der Waals surface area contributed by atoms with Crippen molar-refractivity contribution in [2.75, 3.05) is 23.6 Å². The molecule has 0 saturated heterocycles. The van der Waals surface area contributed by atoms with Gasteiger partial charge in [-0.3, -0.25) is 4.79 Å². The molecule has 0 spiro atoms. The van der Waals surface area contributed by atoms with Crippen LogP contribution in [0.1, 0.15) is 6.42 Å². The molecule has 3 N–H and O–H groups in total. The van der Waals surface area contributed by atoms with Crippen LogP contribution >= 0.6 is 11.6 Å². The quantitative estimate of drug-likeness (QED) is 0.721. The maximum absolute atomic E-state index is 11.2. The number of rotatable bonds is 4. The Labute approximate surface area is 105 Å². The molecule has 1 rings (SSSR count). The fourth-order valence-electron chi connectivity index (χ4n) is 1.14. The van der Waals surface area contributed by atoms with Crippen molar-refractivity contribution in [2.45, 2.75) is 6.42 Å². The summed E-state index contributed by atoms with van der Waals surface area (Å²) in [5, 5.41) is 7.74. The molecule has 0 fully saturated rings. The Morgan fingerprint density at radius 1 is 1.12 bits per heavy atom. The summed E-state index contributed by atoms with van der Waals surface area (Å²) in [6.07, 6.45) is 0.278. The summed E-state index contributed by atoms with van der Waals surface area (Å²) in [7, 11) is 1.54. The number of carbonyl (C=O) groups is 2. The Morgan fingerprint density at radius 3 is 2.12 bits per heavy atom. The minimum atomic E-state index is -0.288. The van der Waals surface area contributed by atoms with Gasteiger partial charge >= 0.3 is 6.03 Å². The van der Waals surface area contributed by atoms with E-state index in [2.05, 4.69) is 16.0 Å². The zero-order chi connectivity index (χ0) is 12.7. The summed E-state index contributed by atoms with van der Waals surface area (Å²) in [5.74, 6) is 0.161. The van der Waals surface area contributed by atoms with Crippen LogP contribution in [0.5, 0.6) is 0 Å². The zero-order valence-corrected chi connectivity index (χ0v) is 10.2. The van der Waals surface area contributed by atoms with Gasteiger partial charge in [-0.1, -0.05) is 0 Å². The van der Waals surface area contributed by atoms with E-state index in [0.717, 1.165) is 0 Å². The van der Waals surface area contributed by atoms with E-state index in [9.17, 15) is 9.59 Å². The van der Waals surface area contributed by atoms with Crippen molar-refractivity contribution >= 4 is 34.9 Å². The molecule has 17 heavy (non-hydrogen) atoms. The van der Waals surface area contributed by atoms with Gasteiger partial charge in [-0.15, -0.1) is 11.6 Å². The normalized spacial score (nSPS) is 9.53. The minimum absolute atomic E-state index is 0.132. The van der Waals surface area contributed by atoms with Crippen molar-refractivity contribution in [3.63, 3.8) is 0 Å². The Kier molecular flexibility index (Phi) is 5.29. The molecule has 0 atom stereocenters. The highest BCUT2D eigenvalue weighted by molar-refractivity contribution is 6.19. The highest BCUT2D eigenvalue weighted by Gasteiger charge is 2.02. The lowest BCUT2D eigenvalue weighted by molar-refractivity contribution is -0.115. The maximum atomic E-state index is 11.2. The molecule has 0 aromatic heterocycles. The van der Waals surface area contributed by atoms with Gasteiger partial charge in [0, 0.05) is 30.7 Å².